The van der Waals surface area contributed by atoms with Crippen LogP contribution in [0.15, 0.2) is 59.6 Å². The lowest BCUT2D eigenvalue weighted by atomic mass is 10.1. The minimum Gasteiger partial charge on any atom is -0.369 e. The predicted octanol–water partition coefficient (Wildman–Crippen LogP) is 3.62. The third-order valence-corrected chi connectivity index (χ3v) is 5.16. The lowest BCUT2D eigenvalue weighted by molar-refractivity contribution is -0.118. The fourth-order valence-electron chi connectivity index (χ4n) is 3.42. The monoisotopic (exact) mass is 407 g/mol. The lowest BCUT2D eigenvalue weighted by Gasteiger charge is -2.20. The van der Waals surface area contributed by atoms with Crippen molar-refractivity contribution in [1.82, 2.24) is 10.6 Å². The first kappa shape index (κ1) is 21.7. The highest BCUT2D eigenvalue weighted by Crippen LogP contribution is 2.19. The van der Waals surface area contributed by atoms with Crippen molar-refractivity contribution in [3.63, 3.8) is 0 Å². The first-order valence-corrected chi connectivity index (χ1v) is 10.8. The summed E-state index contributed by atoms with van der Waals surface area (Å²) in [6, 6.07) is 18.8. The molecule has 3 rings (SSSR count). The van der Waals surface area contributed by atoms with Crippen molar-refractivity contribution in [1.29, 1.82) is 0 Å². The normalized spacial score (nSPS) is 16.6. The first-order chi connectivity index (χ1) is 14.5. The van der Waals surface area contributed by atoms with Gasteiger partial charge >= 0.3 is 0 Å². The molecule has 3 N–H and O–H groups in total. The molecule has 1 amide bonds. The van der Waals surface area contributed by atoms with Crippen LogP contribution in [0.3, 0.4) is 0 Å². The number of carbonyl (C=O) groups is 1. The zero-order valence-corrected chi connectivity index (χ0v) is 18.2. The Kier molecular flexibility index (Phi) is 7.71. The van der Waals surface area contributed by atoms with Crippen LogP contribution in [-0.4, -0.2) is 37.5 Å². The van der Waals surface area contributed by atoms with E-state index in [1.54, 1.807) is 0 Å². The maximum atomic E-state index is 11.8. The summed E-state index contributed by atoms with van der Waals surface area (Å²) in [7, 11) is 0. The van der Waals surface area contributed by atoms with Gasteiger partial charge in [0.05, 0.1) is 6.54 Å². The molecule has 6 nitrogen and oxygen atoms in total. The van der Waals surface area contributed by atoms with Gasteiger partial charge in [-0.15, -0.1) is 0 Å². The molecule has 2 aromatic rings. The molecule has 1 unspecified atom stereocenters. The molecule has 2 aromatic carbocycles. The number of guanidine groups is 1. The highest BCUT2D eigenvalue weighted by Gasteiger charge is 2.23. The standard InChI is InChI=1S/C24H33N5O/c1-4-25-24(28-21-14-15-29(17-21)22-8-6-5-7-9-22)26-16-19-10-12-20(13-11-19)27-23(30)18(2)3/h5-13,18,21H,4,14-17H2,1-3H3,(H,27,30)(H2,25,26,28). The van der Waals surface area contributed by atoms with E-state index in [1.165, 1.54) is 5.69 Å². The predicted molar refractivity (Wildman–Crippen MR) is 125 cm³/mol. The zero-order chi connectivity index (χ0) is 21.3. The van der Waals surface area contributed by atoms with E-state index in [0.717, 1.165) is 43.3 Å². The summed E-state index contributed by atoms with van der Waals surface area (Å²) in [6.07, 6.45) is 1.09. The van der Waals surface area contributed by atoms with E-state index in [4.69, 9.17) is 4.99 Å². The smallest absolute Gasteiger partial charge is 0.226 e. The van der Waals surface area contributed by atoms with Gasteiger partial charge in [-0.2, -0.15) is 0 Å². The molecule has 1 heterocycles. The van der Waals surface area contributed by atoms with Crippen molar-refractivity contribution >= 4 is 23.2 Å². The maximum absolute atomic E-state index is 11.8. The average Bonchev–Trinajstić information content (AvgIpc) is 3.22. The van der Waals surface area contributed by atoms with Crippen LogP contribution in [0.25, 0.3) is 0 Å². The number of hydrogen-bond acceptors (Lipinski definition) is 3. The molecule has 0 spiro atoms. The summed E-state index contributed by atoms with van der Waals surface area (Å²) in [5.41, 5.74) is 3.19. The van der Waals surface area contributed by atoms with Crippen LogP contribution in [0.2, 0.25) is 0 Å². The van der Waals surface area contributed by atoms with Gasteiger partial charge in [-0.25, -0.2) is 4.99 Å². The summed E-state index contributed by atoms with van der Waals surface area (Å²) < 4.78 is 0. The van der Waals surface area contributed by atoms with Crippen LogP contribution in [0.1, 0.15) is 32.8 Å². The van der Waals surface area contributed by atoms with Crippen molar-refractivity contribution in [3.05, 3.63) is 60.2 Å². The Morgan fingerprint density at radius 1 is 1.13 bits per heavy atom. The van der Waals surface area contributed by atoms with E-state index in [-0.39, 0.29) is 11.8 Å². The molecule has 1 atom stereocenters. The summed E-state index contributed by atoms with van der Waals surface area (Å²) in [5.74, 6) is 0.839. The zero-order valence-electron chi connectivity index (χ0n) is 18.2. The van der Waals surface area contributed by atoms with Gasteiger partial charge in [0.15, 0.2) is 5.96 Å². The van der Waals surface area contributed by atoms with Crippen LogP contribution in [0, 0.1) is 5.92 Å². The fraction of sp³-hybridized carbons (Fsp3) is 0.417. The van der Waals surface area contributed by atoms with Gasteiger partial charge in [-0.3, -0.25) is 4.79 Å². The van der Waals surface area contributed by atoms with Crippen molar-refractivity contribution in [2.45, 2.75) is 39.8 Å². The summed E-state index contributed by atoms with van der Waals surface area (Å²) in [4.78, 5) is 19.0. The van der Waals surface area contributed by atoms with Crippen molar-refractivity contribution < 1.29 is 4.79 Å². The second-order valence-corrected chi connectivity index (χ2v) is 7.95. The molecule has 30 heavy (non-hydrogen) atoms. The van der Waals surface area contributed by atoms with Crippen LogP contribution < -0.4 is 20.9 Å². The number of amides is 1. The number of hydrogen-bond donors (Lipinski definition) is 3. The highest BCUT2D eigenvalue weighted by molar-refractivity contribution is 5.92. The molecule has 1 aliphatic rings. The number of carbonyl (C=O) groups excluding carboxylic acids is 1. The SMILES string of the molecule is CCNC(=NCc1ccc(NC(=O)C(C)C)cc1)NC1CCN(c2ccccc2)C1. The Labute approximate surface area is 179 Å². The van der Waals surface area contributed by atoms with Gasteiger partial charge in [0.25, 0.3) is 0 Å². The van der Waals surface area contributed by atoms with Crippen LogP contribution in [-0.2, 0) is 11.3 Å². The molecule has 0 aromatic heterocycles. The number of nitrogens with one attached hydrogen (secondary N) is 3. The van der Waals surface area contributed by atoms with Crippen molar-refractivity contribution in [2.24, 2.45) is 10.9 Å². The molecule has 6 heteroatoms. The average molecular weight is 408 g/mol. The number of anilines is 2. The van der Waals surface area contributed by atoms with Crippen LogP contribution in [0.5, 0.6) is 0 Å². The molecule has 1 fully saturated rings. The first-order valence-electron chi connectivity index (χ1n) is 10.8. The summed E-state index contributed by atoms with van der Waals surface area (Å²) in [6.45, 7) is 9.27. The third kappa shape index (κ3) is 6.24. The van der Waals surface area contributed by atoms with E-state index in [1.807, 2.05) is 38.1 Å². The molecule has 1 saturated heterocycles. The van der Waals surface area contributed by atoms with E-state index in [9.17, 15) is 4.79 Å². The maximum Gasteiger partial charge on any atom is 0.226 e. The topological polar surface area (TPSA) is 68.8 Å². The second kappa shape index (κ2) is 10.7. The minimum atomic E-state index is -0.0311. The number of rotatable bonds is 7. The Bertz CT molecular complexity index is 832. The number of aliphatic imine (C=N–C) groups is 1. The Balaban J connectivity index is 1.55. The Morgan fingerprint density at radius 3 is 2.53 bits per heavy atom. The molecule has 0 bridgehead atoms. The van der Waals surface area contributed by atoms with E-state index < -0.39 is 0 Å². The van der Waals surface area contributed by atoms with Crippen LogP contribution >= 0.6 is 0 Å². The minimum absolute atomic E-state index is 0.0283. The highest BCUT2D eigenvalue weighted by atomic mass is 16.1. The second-order valence-electron chi connectivity index (χ2n) is 7.95. The fourth-order valence-corrected chi connectivity index (χ4v) is 3.42. The summed E-state index contributed by atoms with van der Waals surface area (Å²) >= 11 is 0. The van der Waals surface area contributed by atoms with Gasteiger partial charge in [0, 0.05) is 43.0 Å². The van der Waals surface area contributed by atoms with E-state index >= 15 is 0 Å². The summed E-state index contributed by atoms with van der Waals surface area (Å²) in [5, 5.41) is 9.84. The van der Waals surface area contributed by atoms with Gasteiger partial charge < -0.3 is 20.9 Å². The molecule has 160 valence electrons. The van der Waals surface area contributed by atoms with Gasteiger partial charge in [-0.05, 0) is 43.2 Å². The Morgan fingerprint density at radius 2 is 1.87 bits per heavy atom. The van der Waals surface area contributed by atoms with Crippen LogP contribution in [0.4, 0.5) is 11.4 Å². The number of benzene rings is 2. The number of nitrogens with zero attached hydrogens (tertiary/aromatic N) is 2. The molecule has 0 saturated carbocycles. The van der Waals surface area contributed by atoms with Crippen molar-refractivity contribution in [2.75, 3.05) is 29.9 Å². The van der Waals surface area contributed by atoms with Gasteiger partial charge in [-0.1, -0.05) is 44.2 Å². The molecular weight excluding hydrogens is 374 g/mol. The van der Waals surface area contributed by atoms with Crippen molar-refractivity contribution in [3.8, 4) is 0 Å². The Hall–Kier alpha value is -3.02. The van der Waals surface area contributed by atoms with E-state index in [0.29, 0.717) is 12.6 Å². The largest absolute Gasteiger partial charge is 0.369 e. The molecular formula is C24H33N5O. The van der Waals surface area contributed by atoms with E-state index in [2.05, 4.69) is 58.1 Å². The third-order valence-electron chi connectivity index (χ3n) is 5.16. The number of para-hydroxylation sites is 1. The molecule has 1 aliphatic heterocycles. The lowest BCUT2D eigenvalue weighted by Crippen LogP contribution is -2.44. The van der Waals surface area contributed by atoms with Gasteiger partial charge in [0.1, 0.15) is 0 Å². The molecule has 0 radical (unpaired) electrons. The quantitative estimate of drug-likeness (QED) is 0.484. The molecule has 0 aliphatic carbocycles. The van der Waals surface area contributed by atoms with Gasteiger partial charge in [0.2, 0.25) is 5.91 Å².